The molecular formula is C16H13NO5. The van der Waals surface area contributed by atoms with Gasteiger partial charge in [0.2, 0.25) is 0 Å². The Balaban J connectivity index is 2.09. The molecule has 0 fully saturated rings. The zero-order valence-corrected chi connectivity index (χ0v) is 11.8. The second-order valence-electron chi connectivity index (χ2n) is 4.57. The number of hydrogen-bond acceptors (Lipinski definition) is 5. The van der Waals surface area contributed by atoms with Gasteiger partial charge < -0.3 is 4.74 Å². The molecule has 112 valence electrons. The molecule has 0 N–H and O–H groups in total. The first-order valence-corrected chi connectivity index (χ1v) is 6.50. The van der Waals surface area contributed by atoms with Crippen LogP contribution in [0.3, 0.4) is 0 Å². The Morgan fingerprint density at radius 2 is 1.77 bits per heavy atom. The van der Waals surface area contributed by atoms with E-state index in [0.717, 1.165) is 0 Å². The van der Waals surface area contributed by atoms with Crippen LogP contribution in [0.1, 0.15) is 26.3 Å². The number of ether oxygens (including phenoxy) is 1. The number of Topliss-reactive ketones (excluding diaryl/α,β-unsaturated/α-hetero) is 1. The van der Waals surface area contributed by atoms with Gasteiger partial charge in [0.05, 0.1) is 10.5 Å². The van der Waals surface area contributed by atoms with Crippen molar-refractivity contribution >= 4 is 17.4 Å². The van der Waals surface area contributed by atoms with Crippen LogP contribution < -0.4 is 0 Å². The number of hydrogen-bond donors (Lipinski definition) is 0. The molecule has 0 aromatic heterocycles. The van der Waals surface area contributed by atoms with Crippen molar-refractivity contribution in [3.63, 3.8) is 0 Å². The fourth-order valence-corrected chi connectivity index (χ4v) is 1.96. The van der Waals surface area contributed by atoms with Gasteiger partial charge in [0.25, 0.3) is 5.69 Å². The lowest BCUT2D eigenvalue weighted by molar-refractivity contribution is -0.385. The van der Waals surface area contributed by atoms with Crippen LogP contribution in [0, 0.1) is 17.0 Å². The summed E-state index contributed by atoms with van der Waals surface area (Å²) in [5.74, 6) is -1.09. The lowest BCUT2D eigenvalue weighted by atomic mass is 10.1. The zero-order valence-electron chi connectivity index (χ0n) is 11.8. The Bertz CT molecular complexity index is 725. The summed E-state index contributed by atoms with van der Waals surface area (Å²) in [6.07, 6.45) is 0. The van der Waals surface area contributed by atoms with Crippen molar-refractivity contribution in [2.75, 3.05) is 6.61 Å². The van der Waals surface area contributed by atoms with Crippen molar-refractivity contribution in [1.29, 1.82) is 0 Å². The van der Waals surface area contributed by atoms with E-state index in [9.17, 15) is 19.7 Å². The highest BCUT2D eigenvalue weighted by Crippen LogP contribution is 2.21. The van der Waals surface area contributed by atoms with Gasteiger partial charge in [0.1, 0.15) is 0 Å². The molecule has 0 bridgehead atoms. The maximum atomic E-state index is 12.0. The lowest BCUT2D eigenvalue weighted by Crippen LogP contribution is -2.15. The molecule has 0 heterocycles. The minimum Gasteiger partial charge on any atom is -0.454 e. The number of nitro groups is 1. The van der Waals surface area contributed by atoms with E-state index in [-0.39, 0.29) is 22.6 Å². The topological polar surface area (TPSA) is 86.5 Å². The standard InChI is InChI=1S/C16H13NO5/c1-11-13(8-5-9-14(11)17(20)21)16(19)22-10-15(18)12-6-3-2-4-7-12/h2-9H,10H2,1H3. The van der Waals surface area contributed by atoms with Crippen molar-refractivity contribution in [3.8, 4) is 0 Å². The molecule has 6 heteroatoms. The van der Waals surface area contributed by atoms with E-state index < -0.39 is 17.5 Å². The Hall–Kier alpha value is -3.02. The smallest absolute Gasteiger partial charge is 0.339 e. The first-order chi connectivity index (χ1) is 10.5. The van der Waals surface area contributed by atoms with Crippen molar-refractivity contribution in [3.05, 3.63) is 75.3 Å². The summed E-state index contributed by atoms with van der Waals surface area (Å²) in [6.45, 7) is 1.05. The van der Waals surface area contributed by atoms with Crippen LogP contribution in [0.5, 0.6) is 0 Å². The molecular weight excluding hydrogens is 286 g/mol. The predicted octanol–water partition coefficient (Wildman–Crippen LogP) is 2.94. The number of carbonyl (C=O) groups is 2. The zero-order chi connectivity index (χ0) is 16.1. The first-order valence-electron chi connectivity index (χ1n) is 6.50. The second kappa shape index (κ2) is 6.62. The molecule has 0 unspecified atom stereocenters. The number of benzene rings is 2. The van der Waals surface area contributed by atoms with Gasteiger partial charge >= 0.3 is 5.97 Å². The second-order valence-corrected chi connectivity index (χ2v) is 4.57. The fourth-order valence-electron chi connectivity index (χ4n) is 1.96. The summed E-state index contributed by atoms with van der Waals surface area (Å²) in [7, 11) is 0. The maximum absolute atomic E-state index is 12.0. The highest BCUT2D eigenvalue weighted by molar-refractivity contribution is 5.99. The highest BCUT2D eigenvalue weighted by Gasteiger charge is 2.19. The van der Waals surface area contributed by atoms with Gasteiger partial charge in [-0.05, 0) is 13.0 Å². The number of esters is 1. The third kappa shape index (κ3) is 3.35. The minimum atomic E-state index is -0.759. The van der Waals surface area contributed by atoms with Crippen LogP contribution in [0.2, 0.25) is 0 Å². The Morgan fingerprint density at radius 1 is 1.09 bits per heavy atom. The summed E-state index contributed by atoms with van der Waals surface area (Å²) in [6, 6.07) is 12.6. The number of nitro benzene ring substituents is 1. The molecule has 0 atom stereocenters. The molecule has 2 aromatic carbocycles. The normalized spacial score (nSPS) is 10.0. The number of carbonyl (C=O) groups excluding carboxylic acids is 2. The first kappa shape index (κ1) is 15.4. The van der Waals surface area contributed by atoms with Crippen LogP contribution in [0.4, 0.5) is 5.69 Å². The van der Waals surface area contributed by atoms with Gasteiger partial charge in [-0.25, -0.2) is 4.79 Å². The van der Waals surface area contributed by atoms with Crippen molar-refractivity contribution < 1.29 is 19.2 Å². The Kier molecular flexibility index (Phi) is 4.63. The molecule has 0 aliphatic carbocycles. The van der Waals surface area contributed by atoms with Gasteiger partial charge in [0, 0.05) is 17.2 Å². The molecule has 0 radical (unpaired) electrons. The van der Waals surface area contributed by atoms with E-state index in [0.29, 0.717) is 5.56 Å². The van der Waals surface area contributed by atoms with Crippen LogP contribution in [0.25, 0.3) is 0 Å². The molecule has 0 aliphatic rings. The maximum Gasteiger partial charge on any atom is 0.339 e. The molecule has 0 saturated heterocycles. The van der Waals surface area contributed by atoms with Crippen LogP contribution >= 0.6 is 0 Å². The van der Waals surface area contributed by atoms with E-state index in [2.05, 4.69) is 0 Å². The number of nitrogens with zero attached hydrogens (tertiary/aromatic N) is 1. The average Bonchev–Trinajstić information content (AvgIpc) is 2.53. The van der Waals surface area contributed by atoms with Gasteiger partial charge in [-0.3, -0.25) is 14.9 Å². The van der Waals surface area contributed by atoms with E-state index in [1.54, 1.807) is 30.3 Å². The minimum absolute atomic E-state index is 0.0788. The summed E-state index contributed by atoms with van der Waals surface area (Å²) in [5.41, 5.74) is 0.564. The number of rotatable bonds is 5. The predicted molar refractivity (Wildman–Crippen MR) is 78.9 cm³/mol. The highest BCUT2D eigenvalue weighted by atomic mass is 16.6. The molecule has 2 aromatic rings. The number of ketones is 1. The van der Waals surface area contributed by atoms with Gasteiger partial charge in [-0.1, -0.05) is 36.4 Å². The van der Waals surface area contributed by atoms with Crippen molar-refractivity contribution in [1.82, 2.24) is 0 Å². The van der Waals surface area contributed by atoms with E-state index in [1.807, 2.05) is 0 Å². The van der Waals surface area contributed by atoms with Crippen molar-refractivity contribution in [2.45, 2.75) is 6.92 Å². The van der Waals surface area contributed by atoms with Crippen LogP contribution in [-0.2, 0) is 4.74 Å². The molecule has 0 amide bonds. The van der Waals surface area contributed by atoms with E-state index in [1.165, 1.54) is 25.1 Å². The van der Waals surface area contributed by atoms with Crippen LogP contribution in [-0.4, -0.2) is 23.3 Å². The van der Waals surface area contributed by atoms with Gasteiger partial charge in [-0.2, -0.15) is 0 Å². The molecule has 0 spiro atoms. The third-order valence-corrected chi connectivity index (χ3v) is 3.15. The largest absolute Gasteiger partial charge is 0.454 e. The third-order valence-electron chi connectivity index (χ3n) is 3.15. The summed E-state index contributed by atoms with van der Waals surface area (Å²) in [4.78, 5) is 34.1. The Morgan fingerprint density at radius 3 is 2.41 bits per heavy atom. The van der Waals surface area contributed by atoms with E-state index in [4.69, 9.17) is 4.74 Å². The monoisotopic (exact) mass is 299 g/mol. The van der Waals surface area contributed by atoms with Crippen molar-refractivity contribution in [2.24, 2.45) is 0 Å². The summed E-state index contributed by atoms with van der Waals surface area (Å²) < 4.78 is 4.95. The van der Waals surface area contributed by atoms with Crippen LogP contribution in [0.15, 0.2) is 48.5 Å². The average molecular weight is 299 g/mol. The fraction of sp³-hybridized carbons (Fsp3) is 0.125. The quantitative estimate of drug-likeness (QED) is 0.366. The summed E-state index contributed by atoms with van der Waals surface area (Å²) in [5, 5.41) is 10.8. The molecule has 0 aliphatic heterocycles. The molecule has 2 rings (SSSR count). The lowest BCUT2D eigenvalue weighted by Gasteiger charge is -2.07. The molecule has 0 saturated carbocycles. The summed E-state index contributed by atoms with van der Waals surface area (Å²) >= 11 is 0. The van der Waals surface area contributed by atoms with Gasteiger partial charge in [0.15, 0.2) is 12.4 Å². The SMILES string of the molecule is Cc1c(C(=O)OCC(=O)c2ccccc2)cccc1[N+](=O)[O-]. The van der Waals surface area contributed by atoms with Gasteiger partial charge in [-0.15, -0.1) is 0 Å². The van der Waals surface area contributed by atoms with E-state index >= 15 is 0 Å². The molecule has 6 nitrogen and oxygen atoms in total. The molecule has 22 heavy (non-hydrogen) atoms. The Labute approximate surface area is 126 Å².